The molecule has 2 fully saturated rings. The predicted molar refractivity (Wildman–Crippen MR) is 38.8 cm³/mol. The second-order valence-corrected chi connectivity index (χ2v) is 4.40. The van der Waals surface area contributed by atoms with E-state index in [1.165, 1.54) is 0 Å². The second kappa shape index (κ2) is 2.19. The number of nitrogens with two attached hydrogens (primary N) is 1. The zero-order valence-corrected chi connectivity index (χ0v) is 6.99. The highest BCUT2D eigenvalue weighted by Crippen LogP contribution is 2.56. The molecule has 0 heterocycles. The molecular formula is C8H11F4N. The van der Waals surface area contributed by atoms with Gasteiger partial charge in [-0.05, 0) is 5.92 Å². The molecule has 0 aromatic rings. The maximum atomic E-state index is 12.8. The molecule has 2 aliphatic rings. The summed E-state index contributed by atoms with van der Waals surface area (Å²) in [5, 5.41) is 0. The lowest BCUT2D eigenvalue weighted by Crippen LogP contribution is -2.41. The van der Waals surface area contributed by atoms with Crippen molar-refractivity contribution in [3.05, 3.63) is 0 Å². The first-order valence-corrected chi connectivity index (χ1v) is 4.27. The fourth-order valence-electron chi connectivity index (χ4n) is 2.66. The van der Waals surface area contributed by atoms with Crippen molar-refractivity contribution in [1.29, 1.82) is 0 Å². The van der Waals surface area contributed by atoms with Crippen molar-refractivity contribution in [2.75, 3.05) is 0 Å². The summed E-state index contributed by atoms with van der Waals surface area (Å²) in [5.41, 5.74) is 4.23. The zero-order chi connectivity index (χ0) is 9.91. The Labute approximate surface area is 73.3 Å². The fraction of sp³-hybridized carbons (Fsp3) is 1.00. The Morgan fingerprint density at radius 2 is 1.31 bits per heavy atom. The van der Waals surface area contributed by atoms with Crippen molar-refractivity contribution in [3.8, 4) is 0 Å². The van der Waals surface area contributed by atoms with Gasteiger partial charge in [-0.3, -0.25) is 0 Å². The topological polar surface area (TPSA) is 26.0 Å². The number of fused-ring (bicyclic) bond motifs is 1. The van der Waals surface area contributed by atoms with Gasteiger partial charge >= 0.3 is 0 Å². The van der Waals surface area contributed by atoms with Gasteiger partial charge in [0, 0.05) is 31.2 Å². The second-order valence-electron chi connectivity index (χ2n) is 4.40. The van der Waals surface area contributed by atoms with Crippen LogP contribution in [0.25, 0.3) is 0 Å². The van der Waals surface area contributed by atoms with Crippen molar-refractivity contribution < 1.29 is 17.6 Å². The fourth-order valence-corrected chi connectivity index (χ4v) is 2.66. The Bertz CT molecular complexity index is 218. The van der Waals surface area contributed by atoms with Crippen molar-refractivity contribution in [2.45, 2.75) is 43.1 Å². The molecule has 0 bridgehead atoms. The van der Waals surface area contributed by atoms with E-state index in [9.17, 15) is 17.6 Å². The monoisotopic (exact) mass is 197 g/mol. The lowest BCUT2D eigenvalue weighted by Gasteiger charge is -2.22. The summed E-state index contributed by atoms with van der Waals surface area (Å²) in [6.07, 6.45) is -2.11. The molecule has 0 atom stereocenters. The van der Waals surface area contributed by atoms with E-state index < -0.39 is 49.0 Å². The molecule has 0 aromatic heterocycles. The third-order valence-corrected chi connectivity index (χ3v) is 3.08. The minimum absolute atomic E-state index is 0.473. The molecule has 2 aliphatic carbocycles. The lowest BCUT2D eigenvalue weighted by atomic mass is 9.92. The summed E-state index contributed by atoms with van der Waals surface area (Å²) in [6, 6.07) is 0. The molecule has 2 rings (SSSR count). The zero-order valence-electron chi connectivity index (χ0n) is 6.99. The summed E-state index contributed by atoms with van der Waals surface area (Å²) in [5.74, 6) is -6.39. The highest BCUT2D eigenvalue weighted by molar-refractivity contribution is 5.11. The minimum atomic E-state index is -2.84. The molecule has 0 amide bonds. The van der Waals surface area contributed by atoms with E-state index in [2.05, 4.69) is 0 Å². The molecule has 0 radical (unpaired) electrons. The molecule has 1 nitrogen and oxygen atoms in total. The number of hydrogen-bond acceptors (Lipinski definition) is 1. The van der Waals surface area contributed by atoms with E-state index in [1.54, 1.807) is 0 Å². The van der Waals surface area contributed by atoms with Crippen LogP contribution in [0.15, 0.2) is 0 Å². The van der Waals surface area contributed by atoms with Crippen LogP contribution in [0.2, 0.25) is 0 Å². The summed E-state index contributed by atoms with van der Waals surface area (Å²) >= 11 is 0. The van der Waals surface area contributed by atoms with E-state index >= 15 is 0 Å². The minimum Gasteiger partial charge on any atom is -0.324 e. The summed E-state index contributed by atoms with van der Waals surface area (Å²) in [4.78, 5) is 0. The molecule has 0 spiro atoms. The standard InChI is InChI=1S/C8H11F4N/c9-7(10)1-5-2-8(11,12)4-6(5,13)3-7/h5H,1-4,13H2. The molecule has 2 saturated carbocycles. The summed E-state index contributed by atoms with van der Waals surface area (Å²) in [6.45, 7) is 0. The van der Waals surface area contributed by atoms with Gasteiger partial charge < -0.3 is 5.73 Å². The average molecular weight is 197 g/mol. The SMILES string of the molecule is NC12CC(F)(F)CC1CC(F)(F)C2. The largest absolute Gasteiger partial charge is 0.324 e. The highest BCUT2D eigenvalue weighted by Gasteiger charge is 2.63. The molecule has 0 saturated heterocycles. The average Bonchev–Trinajstić information content (AvgIpc) is 2.06. The Balaban J connectivity index is 2.20. The van der Waals surface area contributed by atoms with E-state index in [-0.39, 0.29) is 0 Å². The summed E-state index contributed by atoms with van der Waals surface area (Å²) in [7, 11) is 0. The van der Waals surface area contributed by atoms with E-state index in [0.29, 0.717) is 0 Å². The first kappa shape index (κ1) is 9.24. The molecule has 0 aliphatic heterocycles. The Kier molecular flexibility index (Phi) is 1.56. The first-order valence-electron chi connectivity index (χ1n) is 4.27. The van der Waals surface area contributed by atoms with Crippen LogP contribution >= 0.6 is 0 Å². The summed E-state index contributed by atoms with van der Waals surface area (Å²) < 4.78 is 51.4. The van der Waals surface area contributed by atoms with Gasteiger partial charge in [-0.2, -0.15) is 0 Å². The maximum absolute atomic E-state index is 12.8. The van der Waals surface area contributed by atoms with Gasteiger partial charge in [0.2, 0.25) is 11.8 Å². The van der Waals surface area contributed by atoms with Gasteiger partial charge in [0.1, 0.15) is 0 Å². The van der Waals surface area contributed by atoms with Crippen LogP contribution < -0.4 is 5.73 Å². The molecule has 5 heteroatoms. The van der Waals surface area contributed by atoms with Gasteiger partial charge in [-0.1, -0.05) is 0 Å². The Hall–Kier alpha value is -0.320. The number of halogens is 4. The van der Waals surface area contributed by atoms with Crippen LogP contribution in [0.4, 0.5) is 17.6 Å². The van der Waals surface area contributed by atoms with Crippen molar-refractivity contribution in [2.24, 2.45) is 11.7 Å². The first-order chi connectivity index (χ1) is 5.73. The molecule has 2 N–H and O–H groups in total. The van der Waals surface area contributed by atoms with E-state index in [4.69, 9.17) is 5.73 Å². The van der Waals surface area contributed by atoms with Crippen LogP contribution in [0.5, 0.6) is 0 Å². The van der Waals surface area contributed by atoms with Crippen LogP contribution in [-0.4, -0.2) is 17.4 Å². The van der Waals surface area contributed by atoms with Gasteiger partial charge in [0.15, 0.2) is 0 Å². The lowest BCUT2D eigenvalue weighted by molar-refractivity contribution is -0.0358. The van der Waals surface area contributed by atoms with Crippen LogP contribution in [0, 0.1) is 5.92 Å². The van der Waals surface area contributed by atoms with Gasteiger partial charge in [0.05, 0.1) is 0 Å². The predicted octanol–water partition coefficient (Wildman–Crippen LogP) is 2.16. The van der Waals surface area contributed by atoms with Gasteiger partial charge in [-0.25, -0.2) is 17.6 Å². The maximum Gasteiger partial charge on any atom is 0.250 e. The normalized spacial score (nSPS) is 46.4. The quantitative estimate of drug-likeness (QED) is 0.591. The van der Waals surface area contributed by atoms with E-state index in [0.717, 1.165) is 0 Å². The molecule has 0 unspecified atom stereocenters. The van der Waals surface area contributed by atoms with Gasteiger partial charge in [-0.15, -0.1) is 0 Å². The molecule has 13 heavy (non-hydrogen) atoms. The van der Waals surface area contributed by atoms with E-state index in [1.807, 2.05) is 0 Å². The Morgan fingerprint density at radius 1 is 0.923 bits per heavy atom. The smallest absolute Gasteiger partial charge is 0.250 e. The van der Waals surface area contributed by atoms with Crippen LogP contribution in [0.1, 0.15) is 25.7 Å². The molecular weight excluding hydrogens is 186 g/mol. The number of rotatable bonds is 0. The highest BCUT2D eigenvalue weighted by atomic mass is 19.3. The third-order valence-electron chi connectivity index (χ3n) is 3.08. The Morgan fingerprint density at radius 3 is 1.62 bits per heavy atom. The molecule has 0 aromatic carbocycles. The van der Waals surface area contributed by atoms with Gasteiger partial charge in [0.25, 0.3) is 0 Å². The van der Waals surface area contributed by atoms with Crippen molar-refractivity contribution in [3.63, 3.8) is 0 Å². The van der Waals surface area contributed by atoms with Crippen molar-refractivity contribution >= 4 is 0 Å². The van der Waals surface area contributed by atoms with Crippen molar-refractivity contribution in [1.82, 2.24) is 0 Å². The number of hydrogen-bond donors (Lipinski definition) is 1. The third kappa shape index (κ3) is 1.43. The number of alkyl halides is 4. The molecule has 76 valence electrons. The van der Waals surface area contributed by atoms with Crippen LogP contribution in [0.3, 0.4) is 0 Å². The van der Waals surface area contributed by atoms with Crippen LogP contribution in [-0.2, 0) is 0 Å².